The Kier molecular flexibility index (Phi) is 5.16. The lowest BCUT2D eigenvalue weighted by Crippen LogP contribution is -2.14. The average Bonchev–Trinajstić information content (AvgIpc) is 2.89. The molecule has 3 aromatic rings. The fourth-order valence-corrected chi connectivity index (χ4v) is 4.00. The van der Waals surface area contributed by atoms with Crippen molar-refractivity contribution in [2.24, 2.45) is 0 Å². The molecule has 0 spiro atoms. The smallest absolute Gasteiger partial charge is 0.230 e. The van der Waals surface area contributed by atoms with Gasteiger partial charge in [-0.05, 0) is 35.9 Å². The topological polar surface area (TPSA) is 42.0 Å². The second-order valence-corrected chi connectivity index (χ2v) is 8.35. The van der Waals surface area contributed by atoms with Gasteiger partial charge >= 0.3 is 0 Å². The molecule has 0 saturated heterocycles. The predicted octanol–water partition coefficient (Wildman–Crippen LogP) is 5.12. The van der Waals surface area contributed by atoms with E-state index in [4.69, 9.17) is 0 Å². The number of carbonyl (C=O) groups excluding carboxylic acids is 1. The Morgan fingerprint density at radius 1 is 1.25 bits per heavy atom. The molecule has 0 aliphatic carbocycles. The second-order valence-electron chi connectivity index (χ2n) is 5.67. The molecule has 1 amide bonds. The van der Waals surface area contributed by atoms with Gasteiger partial charge in [0, 0.05) is 10.1 Å². The highest BCUT2D eigenvalue weighted by atomic mass is 32.2. The van der Waals surface area contributed by atoms with E-state index in [1.54, 1.807) is 17.8 Å². The largest absolute Gasteiger partial charge is 0.302 e. The first kappa shape index (κ1) is 16.9. The van der Waals surface area contributed by atoms with Crippen LogP contribution in [0.3, 0.4) is 0 Å². The van der Waals surface area contributed by atoms with Crippen molar-refractivity contribution in [1.82, 2.24) is 4.98 Å². The molecular formula is C18H17FN2OS2. The minimum absolute atomic E-state index is 0.126. The Hall–Kier alpha value is -1.92. The number of fused-ring (bicyclic) bond motifs is 1. The number of thioether (sulfide) groups is 1. The lowest BCUT2D eigenvalue weighted by Gasteiger charge is -2.06. The number of amides is 1. The van der Waals surface area contributed by atoms with E-state index in [2.05, 4.69) is 24.1 Å². The molecule has 0 radical (unpaired) electrons. The fraction of sp³-hybridized carbons (Fsp3) is 0.222. The molecule has 0 aliphatic rings. The lowest BCUT2D eigenvalue weighted by molar-refractivity contribution is -0.115. The van der Waals surface area contributed by atoms with Crippen LogP contribution in [0, 0.1) is 5.82 Å². The van der Waals surface area contributed by atoms with Gasteiger partial charge in [-0.15, -0.1) is 11.8 Å². The van der Waals surface area contributed by atoms with Gasteiger partial charge in [0.1, 0.15) is 5.82 Å². The maximum Gasteiger partial charge on any atom is 0.230 e. The molecular weight excluding hydrogens is 343 g/mol. The summed E-state index contributed by atoms with van der Waals surface area (Å²) in [5.41, 5.74) is 1.64. The monoisotopic (exact) mass is 360 g/mol. The first-order valence-corrected chi connectivity index (χ1v) is 9.31. The van der Waals surface area contributed by atoms with Crippen molar-refractivity contribution in [2.45, 2.75) is 30.4 Å². The van der Waals surface area contributed by atoms with E-state index in [0.29, 0.717) is 15.9 Å². The number of benzene rings is 2. The lowest BCUT2D eigenvalue weighted by atomic mass is 10.1. The molecule has 0 atom stereocenters. The van der Waals surface area contributed by atoms with Crippen LogP contribution in [0.5, 0.6) is 0 Å². The summed E-state index contributed by atoms with van der Waals surface area (Å²) in [5.74, 6) is -0.429. The maximum atomic E-state index is 13.2. The van der Waals surface area contributed by atoms with E-state index in [-0.39, 0.29) is 18.1 Å². The number of carbonyl (C=O) groups is 1. The zero-order valence-corrected chi connectivity index (χ0v) is 15.0. The molecule has 0 unspecified atom stereocenters. The van der Waals surface area contributed by atoms with Crippen molar-refractivity contribution >= 4 is 44.4 Å². The van der Waals surface area contributed by atoms with Gasteiger partial charge in [0.25, 0.3) is 0 Å². The Bertz CT molecular complexity index is 859. The summed E-state index contributed by atoms with van der Waals surface area (Å²) in [7, 11) is 0. The van der Waals surface area contributed by atoms with E-state index < -0.39 is 0 Å². The van der Waals surface area contributed by atoms with Gasteiger partial charge in [-0.3, -0.25) is 4.79 Å². The minimum atomic E-state index is -0.302. The second kappa shape index (κ2) is 7.32. The normalized spacial score (nSPS) is 11.2. The molecule has 124 valence electrons. The molecule has 0 saturated carbocycles. The van der Waals surface area contributed by atoms with Crippen LogP contribution in [0.2, 0.25) is 0 Å². The third kappa shape index (κ3) is 4.33. The summed E-state index contributed by atoms with van der Waals surface area (Å²) in [6, 6.07) is 12.4. The molecule has 3 rings (SSSR count). The summed E-state index contributed by atoms with van der Waals surface area (Å²) in [5, 5.41) is 3.81. The van der Waals surface area contributed by atoms with Gasteiger partial charge in [-0.25, -0.2) is 9.37 Å². The standard InChI is InChI=1S/C18H17FN2OS2/c1-11(2)23-14-6-3-12(4-7-14)9-17(22)21-18-20-15-8-5-13(19)10-16(15)24-18/h3-8,10-11H,9H2,1-2H3,(H,20,21,22). The van der Waals surface area contributed by atoms with Crippen molar-refractivity contribution in [3.05, 3.63) is 53.8 Å². The quantitative estimate of drug-likeness (QED) is 0.642. The van der Waals surface area contributed by atoms with Gasteiger partial charge in [0.2, 0.25) is 5.91 Å². The number of rotatable bonds is 5. The zero-order chi connectivity index (χ0) is 17.1. The van der Waals surface area contributed by atoms with Gasteiger partial charge in [-0.2, -0.15) is 0 Å². The Labute approximate surface area is 148 Å². The molecule has 1 N–H and O–H groups in total. The molecule has 1 heterocycles. The number of thiazole rings is 1. The summed E-state index contributed by atoms with van der Waals surface area (Å²) in [6.45, 7) is 4.30. The molecule has 6 heteroatoms. The number of nitrogens with one attached hydrogen (secondary N) is 1. The summed E-state index contributed by atoms with van der Waals surface area (Å²) in [6.07, 6.45) is 0.289. The summed E-state index contributed by atoms with van der Waals surface area (Å²) >= 11 is 3.07. The van der Waals surface area contributed by atoms with Crippen LogP contribution in [0.15, 0.2) is 47.4 Å². The van der Waals surface area contributed by atoms with Crippen LogP contribution in [0.25, 0.3) is 10.2 Å². The number of nitrogens with zero attached hydrogens (tertiary/aromatic N) is 1. The summed E-state index contributed by atoms with van der Waals surface area (Å²) < 4.78 is 13.9. The summed E-state index contributed by atoms with van der Waals surface area (Å²) in [4.78, 5) is 17.7. The van der Waals surface area contributed by atoms with Crippen LogP contribution in [0.4, 0.5) is 9.52 Å². The molecule has 0 fully saturated rings. The zero-order valence-electron chi connectivity index (χ0n) is 13.4. The number of halogens is 1. The van der Waals surface area contributed by atoms with Crippen LogP contribution >= 0.6 is 23.1 Å². The van der Waals surface area contributed by atoms with Gasteiger partial charge in [-0.1, -0.05) is 37.3 Å². The molecule has 24 heavy (non-hydrogen) atoms. The van der Waals surface area contributed by atoms with E-state index in [0.717, 1.165) is 10.3 Å². The molecule has 0 bridgehead atoms. The first-order valence-electron chi connectivity index (χ1n) is 7.61. The third-order valence-corrected chi connectivity index (χ3v) is 5.21. The van der Waals surface area contributed by atoms with E-state index in [1.807, 2.05) is 24.3 Å². The number of anilines is 1. The molecule has 3 nitrogen and oxygen atoms in total. The van der Waals surface area contributed by atoms with Crippen molar-refractivity contribution < 1.29 is 9.18 Å². The number of aromatic nitrogens is 1. The van der Waals surface area contributed by atoms with Crippen molar-refractivity contribution in [1.29, 1.82) is 0 Å². The Morgan fingerprint density at radius 3 is 2.71 bits per heavy atom. The van der Waals surface area contributed by atoms with Crippen molar-refractivity contribution in [3.63, 3.8) is 0 Å². The highest BCUT2D eigenvalue weighted by Crippen LogP contribution is 2.27. The van der Waals surface area contributed by atoms with Crippen LogP contribution < -0.4 is 5.32 Å². The third-order valence-electron chi connectivity index (χ3n) is 3.26. The minimum Gasteiger partial charge on any atom is -0.302 e. The predicted molar refractivity (Wildman–Crippen MR) is 99.3 cm³/mol. The average molecular weight is 360 g/mol. The fourth-order valence-electron chi connectivity index (χ4n) is 2.26. The van der Waals surface area contributed by atoms with E-state index in [9.17, 15) is 9.18 Å². The molecule has 1 aromatic heterocycles. The first-order chi connectivity index (χ1) is 11.5. The SMILES string of the molecule is CC(C)Sc1ccc(CC(=O)Nc2nc3ccc(F)cc3s2)cc1. The van der Waals surface area contributed by atoms with Crippen molar-refractivity contribution in [2.75, 3.05) is 5.32 Å². The van der Waals surface area contributed by atoms with Gasteiger partial charge < -0.3 is 5.32 Å². The molecule has 0 aliphatic heterocycles. The highest BCUT2D eigenvalue weighted by Gasteiger charge is 2.09. The van der Waals surface area contributed by atoms with Gasteiger partial charge in [0.15, 0.2) is 5.13 Å². The Balaban J connectivity index is 1.64. The van der Waals surface area contributed by atoms with E-state index >= 15 is 0 Å². The number of hydrogen-bond donors (Lipinski definition) is 1. The van der Waals surface area contributed by atoms with E-state index in [1.165, 1.54) is 28.4 Å². The highest BCUT2D eigenvalue weighted by molar-refractivity contribution is 7.99. The van der Waals surface area contributed by atoms with Gasteiger partial charge in [0.05, 0.1) is 16.6 Å². The maximum absolute atomic E-state index is 13.2. The van der Waals surface area contributed by atoms with Crippen molar-refractivity contribution in [3.8, 4) is 0 Å². The van der Waals surface area contributed by atoms with Crippen LogP contribution in [-0.4, -0.2) is 16.1 Å². The van der Waals surface area contributed by atoms with Crippen LogP contribution in [-0.2, 0) is 11.2 Å². The Morgan fingerprint density at radius 2 is 2.00 bits per heavy atom. The van der Waals surface area contributed by atoms with Crippen LogP contribution in [0.1, 0.15) is 19.4 Å². The molecule has 2 aromatic carbocycles. The number of hydrogen-bond acceptors (Lipinski definition) is 4.